The summed E-state index contributed by atoms with van der Waals surface area (Å²) in [6.45, 7) is 7.26. The standard InChI is InChI=1S/C22H24ClFN2O/c1-15-3-6-17(23)13-20(15)25-9-11-26(12-10-25)21(27)19-14-22(19,2)16-4-7-18(24)8-5-16/h3-8,13,19H,9-12,14H2,1-2H3/t19-,22-/m0/s1. The van der Waals surface area contributed by atoms with E-state index in [4.69, 9.17) is 11.6 Å². The second-order valence-electron chi connectivity index (χ2n) is 7.92. The smallest absolute Gasteiger partial charge is 0.226 e. The molecule has 1 saturated heterocycles. The van der Waals surface area contributed by atoms with Crippen molar-refractivity contribution in [2.45, 2.75) is 25.7 Å². The lowest BCUT2D eigenvalue weighted by Crippen LogP contribution is -2.49. The van der Waals surface area contributed by atoms with Crippen molar-refractivity contribution >= 4 is 23.2 Å². The minimum absolute atomic E-state index is 0.00224. The molecule has 142 valence electrons. The number of carbonyl (C=O) groups is 1. The Morgan fingerprint density at radius 3 is 2.44 bits per heavy atom. The van der Waals surface area contributed by atoms with Crippen molar-refractivity contribution in [1.29, 1.82) is 0 Å². The summed E-state index contributed by atoms with van der Waals surface area (Å²) >= 11 is 6.15. The van der Waals surface area contributed by atoms with Crippen molar-refractivity contribution in [3.05, 3.63) is 64.4 Å². The zero-order chi connectivity index (χ0) is 19.2. The highest BCUT2D eigenvalue weighted by Gasteiger charge is 2.56. The monoisotopic (exact) mass is 386 g/mol. The van der Waals surface area contributed by atoms with Crippen LogP contribution in [0.3, 0.4) is 0 Å². The van der Waals surface area contributed by atoms with Gasteiger partial charge >= 0.3 is 0 Å². The molecule has 2 aromatic rings. The molecule has 0 radical (unpaired) electrons. The van der Waals surface area contributed by atoms with Gasteiger partial charge in [0.25, 0.3) is 0 Å². The van der Waals surface area contributed by atoms with E-state index in [1.807, 2.05) is 35.2 Å². The van der Waals surface area contributed by atoms with Crippen molar-refractivity contribution < 1.29 is 9.18 Å². The Hall–Kier alpha value is -2.07. The maximum Gasteiger partial charge on any atom is 0.226 e. The average Bonchev–Trinajstić information content (AvgIpc) is 3.36. The van der Waals surface area contributed by atoms with E-state index < -0.39 is 0 Å². The first-order valence-electron chi connectivity index (χ1n) is 9.44. The van der Waals surface area contributed by atoms with E-state index in [1.54, 1.807) is 0 Å². The van der Waals surface area contributed by atoms with Crippen molar-refractivity contribution in [1.82, 2.24) is 4.90 Å². The van der Waals surface area contributed by atoms with E-state index >= 15 is 0 Å². The summed E-state index contributed by atoms with van der Waals surface area (Å²) in [7, 11) is 0. The number of halogens is 2. The summed E-state index contributed by atoms with van der Waals surface area (Å²) in [4.78, 5) is 17.3. The van der Waals surface area contributed by atoms with Crippen LogP contribution < -0.4 is 4.90 Å². The Bertz CT molecular complexity index is 861. The number of piperazine rings is 1. The van der Waals surface area contributed by atoms with Crippen LogP contribution in [0, 0.1) is 18.7 Å². The fraction of sp³-hybridized carbons (Fsp3) is 0.409. The molecule has 0 bridgehead atoms. The molecule has 1 amide bonds. The fourth-order valence-electron chi connectivity index (χ4n) is 4.19. The van der Waals surface area contributed by atoms with Crippen molar-refractivity contribution in [2.24, 2.45) is 5.92 Å². The quantitative estimate of drug-likeness (QED) is 0.779. The molecule has 27 heavy (non-hydrogen) atoms. The molecule has 2 aliphatic rings. The number of nitrogens with zero attached hydrogens (tertiary/aromatic N) is 2. The highest BCUT2D eigenvalue weighted by molar-refractivity contribution is 6.30. The number of hydrogen-bond acceptors (Lipinski definition) is 2. The summed E-state index contributed by atoms with van der Waals surface area (Å²) in [5.41, 5.74) is 3.24. The number of hydrogen-bond donors (Lipinski definition) is 0. The molecule has 3 nitrogen and oxygen atoms in total. The number of amides is 1. The molecule has 0 unspecified atom stereocenters. The van der Waals surface area contributed by atoms with Crippen LogP contribution in [0.15, 0.2) is 42.5 Å². The summed E-state index contributed by atoms with van der Waals surface area (Å²) in [5.74, 6) is -0.00925. The van der Waals surface area contributed by atoms with Crippen LogP contribution in [-0.4, -0.2) is 37.0 Å². The van der Waals surface area contributed by atoms with Gasteiger partial charge in [0.15, 0.2) is 0 Å². The SMILES string of the molecule is Cc1ccc(Cl)cc1N1CCN(C(=O)[C@@H]2C[C@@]2(C)c2ccc(F)cc2)CC1. The highest BCUT2D eigenvalue weighted by atomic mass is 35.5. The van der Waals surface area contributed by atoms with Gasteiger partial charge in [-0.3, -0.25) is 4.79 Å². The van der Waals surface area contributed by atoms with Crippen LogP contribution in [0.25, 0.3) is 0 Å². The molecule has 2 fully saturated rings. The molecule has 1 heterocycles. The lowest BCUT2D eigenvalue weighted by molar-refractivity contribution is -0.133. The average molecular weight is 387 g/mol. The number of aryl methyl sites for hydroxylation is 1. The van der Waals surface area contributed by atoms with Gasteiger partial charge in [0.2, 0.25) is 5.91 Å². The van der Waals surface area contributed by atoms with Gasteiger partial charge in [0, 0.05) is 48.2 Å². The number of benzene rings is 2. The summed E-state index contributed by atoms with van der Waals surface area (Å²) in [6, 6.07) is 12.5. The lowest BCUT2D eigenvalue weighted by Gasteiger charge is -2.37. The zero-order valence-corrected chi connectivity index (χ0v) is 16.5. The summed E-state index contributed by atoms with van der Waals surface area (Å²) < 4.78 is 13.2. The second kappa shape index (κ2) is 6.83. The Balaban J connectivity index is 1.39. The van der Waals surface area contributed by atoms with Gasteiger partial charge in [-0.1, -0.05) is 36.7 Å². The molecule has 1 saturated carbocycles. The van der Waals surface area contributed by atoms with Crippen LogP contribution in [-0.2, 0) is 10.2 Å². The van der Waals surface area contributed by atoms with Crippen LogP contribution >= 0.6 is 11.6 Å². The van der Waals surface area contributed by atoms with E-state index in [9.17, 15) is 9.18 Å². The number of rotatable bonds is 3. The van der Waals surface area contributed by atoms with Crippen LogP contribution in [0.1, 0.15) is 24.5 Å². The topological polar surface area (TPSA) is 23.6 Å². The molecular weight excluding hydrogens is 363 g/mol. The number of carbonyl (C=O) groups excluding carboxylic acids is 1. The van der Waals surface area contributed by atoms with E-state index in [2.05, 4.69) is 18.7 Å². The zero-order valence-electron chi connectivity index (χ0n) is 15.7. The maximum atomic E-state index is 13.2. The van der Waals surface area contributed by atoms with Crippen molar-refractivity contribution in [3.63, 3.8) is 0 Å². The van der Waals surface area contributed by atoms with Gasteiger partial charge in [0.05, 0.1) is 0 Å². The van der Waals surface area contributed by atoms with Crippen molar-refractivity contribution in [2.75, 3.05) is 31.1 Å². The van der Waals surface area contributed by atoms with Crippen molar-refractivity contribution in [3.8, 4) is 0 Å². The van der Waals surface area contributed by atoms with E-state index in [0.29, 0.717) is 0 Å². The molecule has 4 rings (SSSR count). The maximum absolute atomic E-state index is 13.2. The largest absolute Gasteiger partial charge is 0.368 e. The minimum atomic E-state index is -0.238. The molecule has 1 aliphatic heterocycles. The molecule has 2 aromatic carbocycles. The van der Waals surface area contributed by atoms with Gasteiger partial charge < -0.3 is 9.80 Å². The Morgan fingerprint density at radius 1 is 1.11 bits per heavy atom. The first-order chi connectivity index (χ1) is 12.9. The van der Waals surface area contributed by atoms with E-state index in [1.165, 1.54) is 17.7 Å². The first-order valence-corrected chi connectivity index (χ1v) is 9.82. The molecule has 5 heteroatoms. The Morgan fingerprint density at radius 2 is 1.78 bits per heavy atom. The summed E-state index contributed by atoms with van der Waals surface area (Å²) in [6.07, 6.45) is 0.838. The molecule has 0 N–H and O–H groups in total. The van der Waals surface area contributed by atoms with Gasteiger partial charge in [-0.15, -0.1) is 0 Å². The fourth-order valence-corrected chi connectivity index (χ4v) is 4.35. The predicted molar refractivity (Wildman–Crippen MR) is 107 cm³/mol. The second-order valence-corrected chi connectivity index (χ2v) is 8.36. The van der Waals surface area contributed by atoms with E-state index in [-0.39, 0.29) is 23.1 Å². The van der Waals surface area contributed by atoms with Gasteiger partial charge in [-0.25, -0.2) is 4.39 Å². The molecule has 0 spiro atoms. The highest BCUT2D eigenvalue weighted by Crippen LogP contribution is 2.54. The van der Waals surface area contributed by atoms with Gasteiger partial charge in [-0.05, 0) is 48.7 Å². The van der Waals surface area contributed by atoms with Crippen LogP contribution in [0.2, 0.25) is 5.02 Å². The van der Waals surface area contributed by atoms with Gasteiger partial charge in [0.1, 0.15) is 5.82 Å². The Labute approximate surface area is 164 Å². The summed E-state index contributed by atoms with van der Waals surface area (Å²) in [5, 5.41) is 0.738. The van der Waals surface area contributed by atoms with Gasteiger partial charge in [-0.2, -0.15) is 0 Å². The van der Waals surface area contributed by atoms with Crippen LogP contribution in [0.5, 0.6) is 0 Å². The lowest BCUT2D eigenvalue weighted by atomic mass is 9.95. The Kier molecular flexibility index (Phi) is 4.63. The molecule has 1 aliphatic carbocycles. The number of anilines is 1. The third kappa shape index (κ3) is 3.43. The van der Waals surface area contributed by atoms with Crippen LogP contribution in [0.4, 0.5) is 10.1 Å². The minimum Gasteiger partial charge on any atom is -0.368 e. The molecular formula is C22H24ClFN2O. The first kappa shape index (κ1) is 18.3. The third-order valence-electron chi connectivity index (χ3n) is 6.14. The third-order valence-corrected chi connectivity index (χ3v) is 6.38. The normalized spacial score (nSPS) is 24.8. The molecule has 0 aromatic heterocycles. The molecule has 2 atom stereocenters. The van der Waals surface area contributed by atoms with E-state index in [0.717, 1.165) is 48.9 Å². The predicted octanol–water partition coefficient (Wildman–Crippen LogP) is 4.41.